The van der Waals surface area contributed by atoms with Crippen LogP contribution in [0, 0.1) is 5.92 Å². The Morgan fingerprint density at radius 2 is 1.50 bits per heavy atom. The maximum absolute atomic E-state index is 10.8. The summed E-state index contributed by atoms with van der Waals surface area (Å²) >= 11 is 0. The molecule has 0 rings (SSSR count). The number of aldehydes is 1. The molecule has 0 aromatic rings. The highest BCUT2D eigenvalue weighted by atomic mass is 28.4. The van der Waals surface area contributed by atoms with Gasteiger partial charge in [-0.05, 0) is 41.5 Å². The second-order valence-electron chi connectivity index (χ2n) is 6.83. The van der Waals surface area contributed by atoms with Crippen LogP contribution in [-0.4, -0.2) is 21.2 Å². The molecule has 0 saturated carbocycles. The molecule has 2 nitrogen and oxygen atoms in total. The molecule has 20 heavy (non-hydrogen) atoms. The van der Waals surface area contributed by atoms with Crippen LogP contribution in [0.25, 0.3) is 0 Å². The lowest BCUT2D eigenvalue weighted by atomic mass is 10.1. The zero-order valence-corrected chi connectivity index (χ0v) is 15.7. The van der Waals surface area contributed by atoms with Crippen molar-refractivity contribution in [3.8, 4) is 0 Å². The first-order valence-electron chi connectivity index (χ1n) is 7.99. The Hall–Kier alpha value is -0.413. The summed E-state index contributed by atoms with van der Waals surface area (Å²) in [6.07, 6.45) is 4.01. The van der Waals surface area contributed by atoms with Crippen molar-refractivity contribution < 1.29 is 9.22 Å². The average molecular weight is 299 g/mol. The highest BCUT2D eigenvalue weighted by Gasteiger charge is 2.45. The summed E-state index contributed by atoms with van der Waals surface area (Å²) in [4.78, 5) is 10.8. The first-order chi connectivity index (χ1) is 9.22. The Morgan fingerprint density at radius 1 is 1.05 bits per heavy atom. The Balaban J connectivity index is 5.05. The molecule has 0 aromatic heterocycles. The number of carbonyl (C=O) groups is 1. The van der Waals surface area contributed by atoms with Gasteiger partial charge in [0.2, 0.25) is 0 Å². The lowest BCUT2D eigenvalue weighted by Crippen LogP contribution is -2.48. The third-order valence-electron chi connectivity index (χ3n) is 4.46. The SMILES string of the molecule is CC[C@H](/C=C(\C)C=O)CO[Si](C(C)C)(C(C)C)C(C)C. The molecule has 0 aromatic carbocycles. The van der Waals surface area contributed by atoms with Crippen molar-refractivity contribution >= 4 is 14.6 Å². The maximum atomic E-state index is 10.8. The second kappa shape index (κ2) is 8.78. The quantitative estimate of drug-likeness (QED) is 0.326. The van der Waals surface area contributed by atoms with Gasteiger partial charge in [0.25, 0.3) is 0 Å². The maximum Gasteiger partial charge on any atom is 0.200 e. The molecule has 0 aliphatic carbocycles. The fourth-order valence-corrected chi connectivity index (χ4v) is 8.95. The smallest absolute Gasteiger partial charge is 0.200 e. The van der Waals surface area contributed by atoms with E-state index in [1.807, 2.05) is 6.92 Å². The zero-order valence-electron chi connectivity index (χ0n) is 14.7. The predicted octanol–water partition coefficient (Wildman–Crippen LogP) is 5.35. The number of hydrogen-bond donors (Lipinski definition) is 0. The molecule has 0 N–H and O–H groups in total. The molecule has 0 saturated heterocycles. The van der Waals surface area contributed by atoms with Crippen LogP contribution in [-0.2, 0) is 9.22 Å². The monoisotopic (exact) mass is 298 g/mol. The molecule has 0 radical (unpaired) electrons. The number of allylic oxidation sites excluding steroid dienone is 1. The summed E-state index contributed by atoms with van der Waals surface area (Å²) in [5.74, 6) is 0.350. The lowest BCUT2D eigenvalue weighted by Gasteiger charge is -2.42. The minimum Gasteiger partial charge on any atom is -0.415 e. The molecule has 0 amide bonds. The van der Waals surface area contributed by atoms with E-state index in [4.69, 9.17) is 4.43 Å². The highest BCUT2D eigenvalue weighted by molar-refractivity contribution is 6.77. The third kappa shape index (κ3) is 4.85. The molecule has 1 atom stereocenters. The second-order valence-corrected chi connectivity index (χ2v) is 12.3. The van der Waals surface area contributed by atoms with Crippen molar-refractivity contribution in [1.82, 2.24) is 0 Å². The minimum atomic E-state index is -1.79. The van der Waals surface area contributed by atoms with Gasteiger partial charge in [0.05, 0.1) is 0 Å². The van der Waals surface area contributed by atoms with E-state index in [0.717, 1.165) is 24.9 Å². The van der Waals surface area contributed by atoms with Gasteiger partial charge in [-0.1, -0.05) is 54.5 Å². The van der Waals surface area contributed by atoms with Crippen LogP contribution in [0.15, 0.2) is 11.6 Å². The van der Waals surface area contributed by atoms with E-state index in [0.29, 0.717) is 22.5 Å². The van der Waals surface area contributed by atoms with Gasteiger partial charge in [-0.25, -0.2) is 0 Å². The number of hydrogen-bond acceptors (Lipinski definition) is 2. The fourth-order valence-electron chi connectivity index (χ4n) is 3.45. The van der Waals surface area contributed by atoms with Crippen LogP contribution in [0.1, 0.15) is 61.8 Å². The van der Waals surface area contributed by atoms with Gasteiger partial charge < -0.3 is 4.43 Å². The average Bonchev–Trinajstić information content (AvgIpc) is 2.36. The molecule has 0 unspecified atom stereocenters. The molecule has 0 spiro atoms. The van der Waals surface area contributed by atoms with Crippen molar-refractivity contribution in [1.29, 1.82) is 0 Å². The summed E-state index contributed by atoms with van der Waals surface area (Å²) in [6.45, 7) is 18.6. The van der Waals surface area contributed by atoms with Crippen molar-refractivity contribution in [3.63, 3.8) is 0 Å². The van der Waals surface area contributed by atoms with Gasteiger partial charge in [0.1, 0.15) is 6.29 Å². The van der Waals surface area contributed by atoms with Gasteiger partial charge in [-0.2, -0.15) is 0 Å². The number of carbonyl (C=O) groups excluding carboxylic acids is 1. The van der Waals surface area contributed by atoms with Crippen LogP contribution in [0.3, 0.4) is 0 Å². The molecule has 118 valence electrons. The summed E-state index contributed by atoms with van der Waals surface area (Å²) in [7, 11) is -1.79. The first-order valence-corrected chi connectivity index (χ1v) is 10.1. The largest absolute Gasteiger partial charge is 0.415 e. The Labute approximate surface area is 127 Å². The topological polar surface area (TPSA) is 26.3 Å². The van der Waals surface area contributed by atoms with Crippen LogP contribution >= 0.6 is 0 Å². The van der Waals surface area contributed by atoms with E-state index in [-0.39, 0.29) is 0 Å². The molecular weight excluding hydrogens is 264 g/mol. The normalized spacial score (nSPS) is 15.2. The van der Waals surface area contributed by atoms with Crippen molar-refractivity contribution in [3.05, 3.63) is 11.6 Å². The Morgan fingerprint density at radius 3 is 1.80 bits per heavy atom. The van der Waals surface area contributed by atoms with Crippen molar-refractivity contribution in [2.45, 2.75) is 78.4 Å². The molecule has 0 aliphatic heterocycles. The molecule has 0 heterocycles. The van der Waals surface area contributed by atoms with E-state index >= 15 is 0 Å². The van der Waals surface area contributed by atoms with Crippen molar-refractivity contribution in [2.24, 2.45) is 5.92 Å². The van der Waals surface area contributed by atoms with Crippen LogP contribution in [0.4, 0.5) is 0 Å². The molecular formula is C17H34O2Si. The van der Waals surface area contributed by atoms with Gasteiger partial charge in [0, 0.05) is 6.61 Å². The van der Waals surface area contributed by atoms with Crippen LogP contribution in [0.5, 0.6) is 0 Å². The Kier molecular flexibility index (Phi) is 8.60. The van der Waals surface area contributed by atoms with E-state index < -0.39 is 8.32 Å². The van der Waals surface area contributed by atoms with Gasteiger partial charge in [0.15, 0.2) is 8.32 Å². The summed E-state index contributed by atoms with van der Waals surface area (Å²) < 4.78 is 6.59. The molecule has 0 aliphatic rings. The lowest BCUT2D eigenvalue weighted by molar-refractivity contribution is -0.104. The predicted molar refractivity (Wildman–Crippen MR) is 90.6 cm³/mol. The summed E-state index contributed by atoms with van der Waals surface area (Å²) in [5.41, 5.74) is 2.63. The van der Waals surface area contributed by atoms with Crippen LogP contribution in [0.2, 0.25) is 16.6 Å². The Bertz CT molecular complexity index is 297. The molecule has 0 fully saturated rings. The van der Waals surface area contributed by atoms with Gasteiger partial charge in [-0.3, -0.25) is 4.79 Å². The van der Waals surface area contributed by atoms with Gasteiger partial charge in [-0.15, -0.1) is 0 Å². The first kappa shape index (κ1) is 19.6. The molecule has 3 heteroatoms. The molecule has 0 bridgehead atoms. The van der Waals surface area contributed by atoms with E-state index in [2.05, 4.69) is 54.5 Å². The standard InChI is InChI=1S/C17H34O2Si/c1-9-17(10-16(8)11-18)12-19-20(13(2)3,14(4)5)15(6)7/h10-11,13-15,17H,9,12H2,1-8H3/b16-10+/t17-/m1/s1. The van der Waals surface area contributed by atoms with Crippen LogP contribution < -0.4 is 0 Å². The highest BCUT2D eigenvalue weighted by Crippen LogP contribution is 2.42. The van der Waals surface area contributed by atoms with Crippen molar-refractivity contribution in [2.75, 3.05) is 6.61 Å². The zero-order chi connectivity index (χ0) is 15.9. The summed E-state index contributed by atoms with van der Waals surface area (Å²) in [5, 5.41) is 0. The number of rotatable bonds is 9. The minimum absolute atomic E-state index is 0.350. The van der Waals surface area contributed by atoms with E-state index in [1.54, 1.807) is 0 Å². The third-order valence-corrected chi connectivity index (χ3v) is 10.5. The van der Waals surface area contributed by atoms with E-state index in [9.17, 15) is 4.79 Å². The van der Waals surface area contributed by atoms with E-state index in [1.165, 1.54) is 0 Å². The summed E-state index contributed by atoms with van der Waals surface area (Å²) in [6, 6.07) is 0. The fraction of sp³-hybridized carbons (Fsp3) is 0.824. The van der Waals surface area contributed by atoms with Gasteiger partial charge >= 0.3 is 0 Å².